The van der Waals surface area contributed by atoms with Crippen molar-refractivity contribution in [2.24, 2.45) is 0 Å². The molecule has 32 heavy (non-hydrogen) atoms. The van der Waals surface area contributed by atoms with E-state index in [2.05, 4.69) is 4.98 Å². The van der Waals surface area contributed by atoms with E-state index in [4.69, 9.17) is 5.11 Å². The van der Waals surface area contributed by atoms with Crippen LogP contribution in [0.25, 0.3) is 28.7 Å². The van der Waals surface area contributed by atoms with Crippen LogP contribution in [-0.4, -0.2) is 20.6 Å². The summed E-state index contributed by atoms with van der Waals surface area (Å²) in [5.41, 5.74) is -0.0247. The molecule has 0 unspecified atom stereocenters. The molecule has 3 aromatic carbocycles. The average Bonchev–Trinajstić information content (AvgIpc) is 2.77. The second kappa shape index (κ2) is 8.14. The van der Waals surface area contributed by atoms with Crippen LogP contribution in [0.1, 0.15) is 27.3 Å². The number of rotatable bonds is 4. The number of para-hydroxylation sites is 1. The number of benzene rings is 3. The van der Waals surface area contributed by atoms with Gasteiger partial charge in [0.15, 0.2) is 0 Å². The highest BCUT2D eigenvalue weighted by molar-refractivity contribution is 5.88. The maximum atomic E-state index is 13.2. The lowest BCUT2D eigenvalue weighted by Gasteiger charge is -2.12. The van der Waals surface area contributed by atoms with Crippen molar-refractivity contribution in [2.45, 2.75) is 6.18 Å². The van der Waals surface area contributed by atoms with Gasteiger partial charge in [0.05, 0.1) is 27.7 Å². The summed E-state index contributed by atoms with van der Waals surface area (Å²) in [7, 11) is 0. The number of alkyl halides is 3. The number of halogens is 3. The van der Waals surface area contributed by atoms with Crippen molar-refractivity contribution in [3.63, 3.8) is 0 Å². The van der Waals surface area contributed by atoms with E-state index in [1.165, 1.54) is 53.1 Å². The number of aromatic nitrogens is 2. The predicted molar refractivity (Wildman–Crippen MR) is 115 cm³/mol. The van der Waals surface area contributed by atoms with Crippen LogP contribution >= 0.6 is 0 Å². The fourth-order valence-electron chi connectivity index (χ4n) is 3.25. The van der Waals surface area contributed by atoms with Crippen molar-refractivity contribution in [1.82, 2.24) is 9.55 Å². The molecule has 0 atom stereocenters. The van der Waals surface area contributed by atoms with Crippen molar-refractivity contribution < 1.29 is 23.1 Å². The lowest BCUT2D eigenvalue weighted by atomic mass is 10.1. The normalized spacial score (nSPS) is 11.8. The lowest BCUT2D eigenvalue weighted by molar-refractivity contribution is -0.137. The molecule has 4 aromatic rings. The first-order valence-corrected chi connectivity index (χ1v) is 9.45. The molecule has 0 spiro atoms. The van der Waals surface area contributed by atoms with E-state index in [0.29, 0.717) is 16.6 Å². The first-order chi connectivity index (χ1) is 15.2. The summed E-state index contributed by atoms with van der Waals surface area (Å²) in [6.45, 7) is 0. The van der Waals surface area contributed by atoms with Gasteiger partial charge in [-0.15, -0.1) is 0 Å². The highest BCUT2D eigenvalue weighted by atomic mass is 19.4. The van der Waals surface area contributed by atoms with E-state index >= 15 is 0 Å². The molecule has 0 saturated carbocycles. The first-order valence-electron chi connectivity index (χ1n) is 9.45. The van der Waals surface area contributed by atoms with Gasteiger partial charge in [-0.1, -0.05) is 30.3 Å². The van der Waals surface area contributed by atoms with Crippen LogP contribution in [0, 0.1) is 0 Å². The zero-order chi connectivity index (χ0) is 22.9. The van der Waals surface area contributed by atoms with Gasteiger partial charge in [0.1, 0.15) is 5.82 Å². The molecular weight excluding hydrogens is 421 g/mol. The minimum atomic E-state index is -4.47. The molecule has 1 aromatic heterocycles. The number of carboxylic acid groups (broad SMARTS) is 1. The molecule has 5 nitrogen and oxygen atoms in total. The van der Waals surface area contributed by atoms with Gasteiger partial charge in [-0.05, 0) is 60.2 Å². The smallest absolute Gasteiger partial charge is 0.416 e. The SMILES string of the molecule is O=C(O)c1ccc(-n2c(/C=C/c3cccc(C(F)(F)F)c3)nc3ccccc3c2=O)cc1. The van der Waals surface area contributed by atoms with Gasteiger partial charge in [0.2, 0.25) is 0 Å². The Hall–Kier alpha value is -4.20. The molecule has 0 bridgehead atoms. The second-order valence-electron chi connectivity index (χ2n) is 6.94. The van der Waals surface area contributed by atoms with E-state index in [1.54, 1.807) is 24.3 Å². The van der Waals surface area contributed by atoms with Crippen LogP contribution in [0.3, 0.4) is 0 Å². The molecule has 0 amide bonds. The third-order valence-electron chi connectivity index (χ3n) is 4.81. The Morgan fingerprint density at radius 2 is 1.66 bits per heavy atom. The number of aromatic carboxylic acids is 1. The number of carboxylic acids is 1. The fraction of sp³-hybridized carbons (Fsp3) is 0.0417. The van der Waals surface area contributed by atoms with Crippen LogP contribution in [0.4, 0.5) is 13.2 Å². The van der Waals surface area contributed by atoms with Crippen LogP contribution in [0.5, 0.6) is 0 Å². The van der Waals surface area contributed by atoms with Crippen LogP contribution in [0.15, 0.2) is 77.6 Å². The summed E-state index contributed by atoms with van der Waals surface area (Å²) < 4.78 is 40.3. The zero-order valence-electron chi connectivity index (χ0n) is 16.4. The minimum Gasteiger partial charge on any atom is -0.478 e. The molecule has 160 valence electrons. The molecule has 4 rings (SSSR count). The minimum absolute atomic E-state index is 0.0524. The maximum Gasteiger partial charge on any atom is 0.416 e. The summed E-state index contributed by atoms with van der Waals surface area (Å²) in [6, 6.07) is 17.2. The molecule has 8 heteroatoms. The van der Waals surface area contributed by atoms with Crippen molar-refractivity contribution >= 4 is 29.0 Å². The van der Waals surface area contributed by atoms with Gasteiger partial charge < -0.3 is 5.11 Å². The molecule has 0 radical (unpaired) electrons. The lowest BCUT2D eigenvalue weighted by Crippen LogP contribution is -2.22. The third kappa shape index (κ3) is 4.15. The number of hydrogen-bond acceptors (Lipinski definition) is 3. The monoisotopic (exact) mass is 436 g/mol. The van der Waals surface area contributed by atoms with E-state index in [-0.39, 0.29) is 22.5 Å². The summed E-state index contributed by atoms with van der Waals surface area (Å²) in [5, 5.41) is 9.47. The van der Waals surface area contributed by atoms with Crippen molar-refractivity contribution in [3.05, 3.63) is 106 Å². The summed E-state index contributed by atoms with van der Waals surface area (Å²) in [5.74, 6) is -0.917. The number of nitrogens with zero attached hydrogens (tertiary/aromatic N) is 2. The van der Waals surface area contributed by atoms with Crippen LogP contribution < -0.4 is 5.56 Å². The van der Waals surface area contributed by atoms with Crippen molar-refractivity contribution in [3.8, 4) is 5.69 Å². The Bertz CT molecular complexity index is 1400. The summed E-state index contributed by atoms with van der Waals surface area (Å²) >= 11 is 0. The fourth-order valence-corrected chi connectivity index (χ4v) is 3.25. The zero-order valence-corrected chi connectivity index (χ0v) is 16.4. The van der Waals surface area contributed by atoms with Crippen molar-refractivity contribution in [1.29, 1.82) is 0 Å². The Balaban J connectivity index is 1.87. The molecule has 0 aliphatic rings. The van der Waals surface area contributed by atoms with Crippen LogP contribution in [0.2, 0.25) is 0 Å². The maximum absolute atomic E-state index is 13.2. The number of carbonyl (C=O) groups is 1. The first kappa shape index (κ1) is 21.0. The third-order valence-corrected chi connectivity index (χ3v) is 4.81. The largest absolute Gasteiger partial charge is 0.478 e. The molecular formula is C24H15F3N2O3. The summed E-state index contributed by atoms with van der Waals surface area (Å²) in [4.78, 5) is 28.8. The Kier molecular flexibility index (Phi) is 5.36. The Morgan fingerprint density at radius 1 is 0.938 bits per heavy atom. The molecule has 0 aliphatic carbocycles. The van der Waals surface area contributed by atoms with E-state index in [0.717, 1.165) is 12.1 Å². The molecule has 1 N–H and O–H groups in total. The molecule has 0 saturated heterocycles. The van der Waals surface area contributed by atoms with Gasteiger partial charge in [-0.3, -0.25) is 9.36 Å². The summed E-state index contributed by atoms with van der Waals surface area (Å²) in [6.07, 6.45) is -1.58. The van der Waals surface area contributed by atoms with E-state index in [1.807, 2.05) is 0 Å². The average molecular weight is 436 g/mol. The molecule has 1 heterocycles. The van der Waals surface area contributed by atoms with Crippen LogP contribution in [-0.2, 0) is 6.18 Å². The number of fused-ring (bicyclic) bond motifs is 1. The van der Waals surface area contributed by atoms with E-state index < -0.39 is 17.7 Å². The highest BCUT2D eigenvalue weighted by Gasteiger charge is 2.30. The standard InChI is InChI=1S/C24H15F3N2O3/c25-24(26,27)17-5-3-4-15(14-17)8-13-21-28-20-7-2-1-6-19(20)22(30)29(21)18-11-9-16(10-12-18)23(31)32/h1-14H,(H,31,32)/b13-8+. The van der Waals surface area contributed by atoms with Gasteiger partial charge in [0, 0.05) is 0 Å². The predicted octanol–water partition coefficient (Wildman–Crippen LogP) is 5.27. The topological polar surface area (TPSA) is 72.2 Å². The second-order valence-corrected chi connectivity index (χ2v) is 6.94. The van der Waals surface area contributed by atoms with Crippen molar-refractivity contribution in [2.75, 3.05) is 0 Å². The van der Waals surface area contributed by atoms with Gasteiger partial charge in [-0.25, -0.2) is 9.78 Å². The molecule has 0 aliphatic heterocycles. The quantitative estimate of drug-likeness (QED) is 0.473. The Morgan fingerprint density at radius 3 is 2.34 bits per heavy atom. The van der Waals surface area contributed by atoms with Gasteiger partial charge >= 0.3 is 12.1 Å². The highest BCUT2D eigenvalue weighted by Crippen LogP contribution is 2.30. The molecule has 0 fully saturated rings. The number of hydrogen-bond donors (Lipinski definition) is 1. The Labute approximate surface area is 179 Å². The van der Waals surface area contributed by atoms with Gasteiger partial charge in [0.25, 0.3) is 5.56 Å². The van der Waals surface area contributed by atoms with E-state index in [9.17, 15) is 22.8 Å². The van der Waals surface area contributed by atoms with Gasteiger partial charge in [-0.2, -0.15) is 13.2 Å².